The Balaban J connectivity index is 1.33. The molecule has 0 radical (unpaired) electrons. The largest absolute Gasteiger partial charge is 0.479 e. The van der Waals surface area contributed by atoms with Gasteiger partial charge in [-0.25, -0.2) is 0 Å². The number of H-pyrrole nitrogens is 1. The molecular formula is C21H21N3O3. The van der Waals surface area contributed by atoms with Crippen LogP contribution >= 0.6 is 0 Å². The van der Waals surface area contributed by atoms with Crippen LogP contribution in [0.15, 0.2) is 48.7 Å². The number of rotatable bonds is 5. The van der Waals surface area contributed by atoms with Crippen molar-refractivity contribution in [1.29, 1.82) is 0 Å². The van der Waals surface area contributed by atoms with E-state index in [2.05, 4.69) is 21.7 Å². The molecule has 1 atom stereocenters. The van der Waals surface area contributed by atoms with Crippen molar-refractivity contribution in [2.24, 2.45) is 0 Å². The fourth-order valence-corrected chi connectivity index (χ4v) is 3.29. The van der Waals surface area contributed by atoms with Crippen LogP contribution in [0.25, 0.3) is 10.9 Å². The molecule has 0 saturated carbocycles. The van der Waals surface area contributed by atoms with Gasteiger partial charge in [0.15, 0.2) is 6.10 Å². The van der Waals surface area contributed by atoms with E-state index in [0.29, 0.717) is 23.5 Å². The molecule has 6 heteroatoms. The molecule has 4 rings (SSSR count). The molecule has 0 saturated heterocycles. The fourth-order valence-electron chi connectivity index (χ4n) is 3.29. The molecule has 0 spiro atoms. The average molecular weight is 363 g/mol. The summed E-state index contributed by atoms with van der Waals surface area (Å²) in [5.74, 6) is 0.371. The van der Waals surface area contributed by atoms with E-state index in [4.69, 9.17) is 4.74 Å². The molecule has 6 nitrogen and oxygen atoms in total. The second kappa shape index (κ2) is 7.15. The van der Waals surface area contributed by atoms with E-state index in [-0.39, 0.29) is 11.8 Å². The Morgan fingerprint density at radius 2 is 2.07 bits per heavy atom. The number of para-hydroxylation sites is 1. The standard InChI is InChI=1S/C21H21N3O3/c1-13-21(26)24-18-11-15(9-10-19(18)27-13)23-20(25)8-4-5-14-12-22-17-7-3-2-6-16(14)17/h2-3,6-7,9-13,22H,4-5,8H2,1H3,(H,23,25)(H,24,26)/t13-/m1/s1. The summed E-state index contributed by atoms with van der Waals surface area (Å²) >= 11 is 0. The van der Waals surface area contributed by atoms with Crippen LogP contribution in [-0.4, -0.2) is 22.9 Å². The van der Waals surface area contributed by atoms with Gasteiger partial charge in [-0.2, -0.15) is 0 Å². The molecule has 0 unspecified atom stereocenters. The quantitative estimate of drug-likeness (QED) is 0.644. The molecule has 2 amide bonds. The molecule has 27 heavy (non-hydrogen) atoms. The zero-order valence-electron chi connectivity index (χ0n) is 15.0. The molecule has 0 bridgehead atoms. The molecule has 0 fully saturated rings. The summed E-state index contributed by atoms with van der Waals surface area (Å²) in [5.41, 5.74) is 3.56. The Morgan fingerprint density at radius 1 is 1.22 bits per heavy atom. The third-order valence-corrected chi connectivity index (χ3v) is 4.72. The highest BCUT2D eigenvalue weighted by Crippen LogP contribution is 2.32. The fraction of sp³-hybridized carbons (Fsp3) is 0.238. The average Bonchev–Trinajstić information content (AvgIpc) is 3.06. The minimum absolute atomic E-state index is 0.0498. The van der Waals surface area contributed by atoms with Crippen molar-refractivity contribution in [1.82, 2.24) is 4.98 Å². The first-order valence-electron chi connectivity index (χ1n) is 9.06. The Hall–Kier alpha value is -3.28. The van der Waals surface area contributed by atoms with Crippen LogP contribution in [0.3, 0.4) is 0 Å². The minimum atomic E-state index is -0.512. The normalized spacial score (nSPS) is 15.7. The number of aromatic amines is 1. The molecule has 1 aromatic heterocycles. The van der Waals surface area contributed by atoms with E-state index in [1.165, 1.54) is 10.9 Å². The van der Waals surface area contributed by atoms with Crippen molar-refractivity contribution < 1.29 is 14.3 Å². The lowest BCUT2D eigenvalue weighted by atomic mass is 10.1. The van der Waals surface area contributed by atoms with E-state index in [0.717, 1.165) is 18.4 Å². The Labute approximate surface area is 156 Å². The highest BCUT2D eigenvalue weighted by atomic mass is 16.5. The van der Waals surface area contributed by atoms with Gasteiger partial charge in [0.25, 0.3) is 5.91 Å². The first-order valence-corrected chi connectivity index (χ1v) is 9.06. The maximum absolute atomic E-state index is 12.3. The topological polar surface area (TPSA) is 83.2 Å². The zero-order chi connectivity index (χ0) is 18.8. The molecular weight excluding hydrogens is 342 g/mol. The minimum Gasteiger partial charge on any atom is -0.479 e. The van der Waals surface area contributed by atoms with E-state index in [1.54, 1.807) is 25.1 Å². The Bertz CT molecular complexity index is 1010. The Morgan fingerprint density at radius 3 is 2.96 bits per heavy atom. The van der Waals surface area contributed by atoms with Gasteiger partial charge in [0.2, 0.25) is 5.91 Å². The molecule has 1 aliphatic heterocycles. The van der Waals surface area contributed by atoms with Gasteiger partial charge in [-0.1, -0.05) is 18.2 Å². The van der Waals surface area contributed by atoms with E-state index in [1.807, 2.05) is 24.4 Å². The first-order chi connectivity index (χ1) is 13.1. The smallest absolute Gasteiger partial charge is 0.265 e. The second-order valence-corrected chi connectivity index (χ2v) is 6.72. The van der Waals surface area contributed by atoms with Gasteiger partial charge in [-0.05, 0) is 49.6 Å². The van der Waals surface area contributed by atoms with Crippen LogP contribution in [0.2, 0.25) is 0 Å². The van der Waals surface area contributed by atoms with Gasteiger partial charge in [-0.15, -0.1) is 0 Å². The number of fused-ring (bicyclic) bond motifs is 2. The van der Waals surface area contributed by atoms with Gasteiger partial charge >= 0.3 is 0 Å². The number of carbonyl (C=O) groups is 2. The van der Waals surface area contributed by atoms with Crippen LogP contribution in [0.1, 0.15) is 25.3 Å². The lowest BCUT2D eigenvalue weighted by molar-refractivity contribution is -0.122. The van der Waals surface area contributed by atoms with Crippen LogP contribution in [0.4, 0.5) is 11.4 Å². The van der Waals surface area contributed by atoms with Gasteiger partial charge in [0, 0.05) is 29.2 Å². The molecule has 138 valence electrons. The second-order valence-electron chi connectivity index (χ2n) is 6.72. The summed E-state index contributed by atoms with van der Waals surface area (Å²) in [5, 5.41) is 6.87. The van der Waals surface area contributed by atoms with Gasteiger partial charge in [-0.3, -0.25) is 9.59 Å². The number of hydrogen-bond donors (Lipinski definition) is 3. The highest BCUT2D eigenvalue weighted by Gasteiger charge is 2.23. The lowest BCUT2D eigenvalue weighted by Crippen LogP contribution is -2.34. The van der Waals surface area contributed by atoms with Crippen molar-refractivity contribution in [2.45, 2.75) is 32.3 Å². The van der Waals surface area contributed by atoms with Crippen molar-refractivity contribution in [3.63, 3.8) is 0 Å². The molecule has 1 aliphatic rings. The summed E-state index contributed by atoms with van der Waals surface area (Å²) in [6.45, 7) is 1.70. The van der Waals surface area contributed by atoms with Gasteiger partial charge in [0.05, 0.1) is 5.69 Å². The van der Waals surface area contributed by atoms with Crippen LogP contribution < -0.4 is 15.4 Å². The number of benzene rings is 2. The van der Waals surface area contributed by atoms with Gasteiger partial charge < -0.3 is 20.4 Å². The maximum Gasteiger partial charge on any atom is 0.265 e. The molecule has 3 aromatic rings. The number of carbonyl (C=O) groups excluding carboxylic acids is 2. The number of ether oxygens (including phenoxy) is 1. The maximum atomic E-state index is 12.3. The summed E-state index contributed by atoms with van der Waals surface area (Å²) in [6, 6.07) is 13.4. The first kappa shape index (κ1) is 17.1. The highest BCUT2D eigenvalue weighted by molar-refractivity contribution is 5.99. The van der Waals surface area contributed by atoms with Crippen LogP contribution in [0.5, 0.6) is 5.75 Å². The van der Waals surface area contributed by atoms with Crippen LogP contribution in [0, 0.1) is 0 Å². The predicted molar refractivity (Wildman–Crippen MR) is 105 cm³/mol. The number of nitrogens with one attached hydrogen (secondary N) is 3. The molecule has 2 aromatic carbocycles. The SMILES string of the molecule is C[C@H]1Oc2ccc(NC(=O)CCCc3c[nH]c4ccccc34)cc2NC1=O. The Kier molecular flexibility index (Phi) is 4.54. The molecule has 3 N–H and O–H groups in total. The molecule has 2 heterocycles. The third kappa shape index (κ3) is 3.65. The number of aromatic nitrogens is 1. The predicted octanol–water partition coefficient (Wildman–Crippen LogP) is 3.85. The summed E-state index contributed by atoms with van der Waals surface area (Å²) in [6.07, 6.45) is 3.52. The number of amides is 2. The van der Waals surface area contributed by atoms with E-state index in [9.17, 15) is 9.59 Å². The van der Waals surface area contributed by atoms with E-state index >= 15 is 0 Å². The van der Waals surface area contributed by atoms with Crippen molar-refractivity contribution in [2.75, 3.05) is 10.6 Å². The summed E-state index contributed by atoms with van der Waals surface area (Å²) in [4.78, 5) is 27.2. The summed E-state index contributed by atoms with van der Waals surface area (Å²) < 4.78 is 5.52. The van der Waals surface area contributed by atoms with E-state index < -0.39 is 6.10 Å². The third-order valence-electron chi connectivity index (χ3n) is 4.72. The van der Waals surface area contributed by atoms with Gasteiger partial charge in [0.1, 0.15) is 5.75 Å². The van der Waals surface area contributed by atoms with Crippen molar-refractivity contribution in [3.8, 4) is 5.75 Å². The lowest BCUT2D eigenvalue weighted by Gasteiger charge is -2.23. The number of anilines is 2. The summed E-state index contributed by atoms with van der Waals surface area (Å²) in [7, 11) is 0. The van der Waals surface area contributed by atoms with Crippen molar-refractivity contribution >= 4 is 34.1 Å². The van der Waals surface area contributed by atoms with Crippen LogP contribution in [-0.2, 0) is 16.0 Å². The van der Waals surface area contributed by atoms with Crippen molar-refractivity contribution in [3.05, 3.63) is 54.2 Å². The number of aryl methyl sites for hydroxylation is 1. The zero-order valence-corrected chi connectivity index (χ0v) is 15.0. The number of hydrogen-bond acceptors (Lipinski definition) is 3. The molecule has 0 aliphatic carbocycles. The monoisotopic (exact) mass is 363 g/mol.